The van der Waals surface area contributed by atoms with Crippen molar-refractivity contribution in [3.63, 3.8) is 0 Å². The van der Waals surface area contributed by atoms with Crippen LogP contribution in [0.25, 0.3) is 0 Å². The number of ether oxygens (including phenoxy) is 1. The van der Waals surface area contributed by atoms with Crippen molar-refractivity contribution < 1.29 is 32.6 Å². The summed E-state index contributed by atoms with van der Waals surface area (Å²) in [5.41, 5.74) is -1.40. The van der Waals surface area contributed by atoms with Gasteiger partial charge in [0.25, 0.3) is 0 Å². The molecule has 5 nitrogen and oxygen atoms in total. The molecule has 1 aliphatic rings. The van der Waals surface area contributed by atoms with Gasteiger partial charge in [-0.05, 0) is 30.9 Å². The molecule has 1 aliphatic heterocycles. The molecule has 144 valence electrons. The summed E-state index contributed by atoms with van der Waals surface area (Å²) < 4.78 is 43.5. The number of carbonyl (C=O) groups is 2. The van der Waals surface area contributed by atoms with Crippen molar-refractivity contribution in [1.29, 1.82) is 0 Å². The lowest BCUT2D eigenvalue weighted by Gasteiger charge is -2.33. The molecule has 0 saturated carbocycles. The molecule has 8 heteroatoms. The minimum Gasteiger partial charge on any atom is -0.481 e. The van der Waals surface area contributed by atoms with E-state index in [9.17, 15) is 27.9 Å². The topological polar surface area (TPSA) is 75.6 Å². The van der Waals surface area contributed by atoms with Crippen molar-refractivity contribution in [2.24, 2.45) is 11.3 Å². The summed E-state index contributed by atoms with van der Waals surface area (Å²) in [5, 5.41) is 12.1. The third-order valence-corrected chi connectivity index (χ3v) is 4.75. The number of hydrogen-bond acceptors (Lipinski definition) is 3. The van der Waals surface area contributed by atoms with Crippen molar-refractivity contribution in [3.05, 3.63) is 35.4 Å². The zero-order chi connectivity index (χ0) is 19.4. The largest absolute Gasteiger partial charge is 0.481 e. The van der Waals surface area contributed by atoms with Crippen LogP contribution in [0.4, 0.5) is 13.2 Å². The third-order valence-electron chi connectivity index (χ3n) is 4.75. The molecule has 1 aromatic carbocycles. The van der Waals surface area contributed by atoms with E-state index in [1.54, 1.807) is 6.92 Å². The van der Waals surface area contributed by atoms with E-state index in [2.05, 4.69) is 5.32 Å². The van der Waals surface area contributed by atoms with Gasteiger partial charge >= 0.3 is 12.1 Å². The van der Waals surface area contributed by atoms with Crippen molar-refractivity contribution in [2.45, 2.75) is 32.4 Å². The molecule has 1 saturated heterocycles. The predicted molar refractivity (Wildman–Crippen MR) is 87.4 cm³/mol. The fourth-order valence-corrected chi connectivity index (χ4v) is 2.98. The van der Waals surface area contributed by atoms with E-state index in [-0.39, 0.29) is 18.9 Å². The molecule has 0 aliphatic carbocycles. The van der Waals surface area contributed by atoms with Crippen molar-refractivity contribution in [3.8, 4) is 0 Å². The smallest absolute Gasteiger partial charge is 0.416 e. The van der Waals surface area contributed by atoms with Crippen LogP contribution in [0.2, 0.25) is 0 Å². The molecule has 1 aromatic rings. The van der Waals surface area contributed by atoms with Crippen LogP contribution in [0, 0.1) is 11.3 Å². The van der Waals surface area contributed by atoms with Crippen LogP contribution in [-0.2, 0) is 26.9 Å². The second kappa shape index (κ2) is 8.07. The second-order valence-corrected chi connectivity index (χ2v) is 6.72. The quantitative estimate of drug-likeness (QED) is 0.804. The fraction of sp³-hybridized carbons (Fsp3) is 0.556. The Morgan fingerprint density at radius 1 is 1.31 bits per heavy atom. The minimum absolute atomic E-state index is 0.0164. The second-order valence-electron chi connectivity index (χ2n) is 6.72. The first kappa shape index (κ1) is 20.2. The highest BCUT2D eigenvalue weighted by molar-refractivity contribution is 5.80. The monoisotopic (exact) mass is 373 g/mol. The predicted octanol–water partition coefficient (Wildman–Crippen LogP) is 2.88. The number of alkyl halides is 3. The van der Waals surface area contributed by atoms with Gasteiger partial charge in [-0.15, -0.1) is 0 Å². The standard InChI is InChI=1S/C18H22F3NO4/c1-12(9-13-3-2-4-14(10-13)18(19,20)21)15(23)22-11-17(16(24)25)5-7-26-8-6-17/h2-4,10,12H,5-9,11H2,1H3,(H,22,23)(H,24,25). The van der Waals surface area contributed by atoms with E-state index >= 15 is 0 Å². The van der Waals surface area contributed by atoms with Crippen LogP contribution in [0.15, 0.2) is 24.3 Å². The number of benzene rings is 1. The SMILES string of the molecule is CC(Cc1cccc(C(F)(F)F)c1)C(=O)NCC1(C(=O)O)CCOCC1. The van der Waals surface area contributed by atoms with Gasteiger partial charge in [0.15, 0.2) is 0 Å². The zero-order valence-corrected chi connectivity index (χ0v) is 14.4. The van der Waals surface area contributed by atoms with Gasteiger partial charge in [-0.25, -0.2) is 0 Å². The first-order valence-electron chi connectivity index (χ1n) is 8.39. The van der Waals surface area contributed by atoms with Gasteiger partial charge in [-0.1, -0.05) is 25.1 Å². The first-order chi connectivity index (χ1) is 12.1. The maximum atomic E-state index is 12.8. The fourth-order valence-electron chi connectivity index (χ4n) is 2.98. The lowest BCUT2D eigenvalue weighted by Crippen LogP contribution is -2.47. The average molecular weight is 373 g/mol. The Kier molecular flexibility index (Phi) is 6.28. The number of carboxylic acid groups (broad SMARTS) is 1. The molecule has 1 atom stereocenters. The highest BCUT2D eigenvalue weighted by Gasteiger charge is 2.40. The summed E-state index contributed by atoms with van der Waals surface area (Å²) >= 11 is 0. The van der Waals surface area contributed by atoms with Crippen LogP contribution in [0.3, 0.4) is 0 Å². The average Bonchev–Trinajstić information content (AvgIpc) is 2.59. The molecule has 0 radical (unpaired) electrons. The number of rotatable bonds is 6. The van der Waals surface area contributed by atoms with Gasteiger partial charge in [0.05, 0.1) is 11.0 Å². The number of nitrogens with one attached hydrogen (secondary N) is 1. The molecule has 1 amide bonds. The number of carboxylic acids is 1. The van der Waals surface area contributed by atoms with E-state index in [0.717, 1.165) is 12.1 Å². The molecule has 0 bridgehead atoms. The van der Waals surface area contributed by atoms with E-state index in [4.69, 9.17) is 4.74 Å². The minimum atomic E-state index is -4.43. The summed E-state index contributed by atoms with van der Waals surface area (Å²) in [6.45, 7) is 2.23. The van der Waals surface area contributed by atoms with E-state index in [0.29, 0.717) is 31.6 Å². The number of hydrogen-bond donors (Lipinski definition) is 2. The normalized spacial score (nSPS) is 18.2. The maximum Gasteiger partial charge on any atom is 0.416 e. The number of amides is 1. The van der Waals surface area contributed by atoms with Gasteiger partial charge in [0, 0.05) is 25.7 Å². The van der Waals surface area contributed by atoms with E-state index < -0.39 is 29.0 Å². The van der Waals surface area contributed by atoms with E-state index in [1.807, 2.05) is 0 Å². The summed E-state index contributed by atoms with van der Waals surface area (Å²) in [5.74, 6) is -1.94. The van der Waals surface area contributed by atoms with Crippen LogP contribution in [0.5, 0.6) is 0 Å². The molecule has 0 spiro atoms. The van der Waals surface area contributed by atoms with Crippen LogP contribution >= 0.6 is 0 Å². The van der Waals surface area contributed by atoms with Crippen LogP contribution < -0.4 is 5.32 Å². The molecule has 0 aromatic heterocycles. The number of carbonyl (C=O) groups excluding carboxylic acids is 1. The van der Waals surface area contributed by atoms with Crippen LogP contribution in [0.1, 0.15) is 30.9 Å². The number of aliphatic carboxylic acids is 1. The molecule has 26 heavy (non-hydrogen) atoms. The van der Waals surface area contributed by atoms with Gasteiger partial charge in [0.1, 0.15) is 0 Å². The summed E-state index contributed by atoms with van der Waals surface area (Å²) in [6.07, 6.45) is -3.67. The Labute approximate surface area is 149 Å². The Balaban J connectivity index is 1.96. The Hall–Kier alpha value is -2.09. The van der Waals surface area contributed by atoms with Crippen molar-refractivity contribution in [1.82, 2.24) is 5.32 Å². The molecular formula is C18H22F3NO4. The lowest BCUT2D eigenvalue weighted by atomic mass is 9.80. The highest BCUT2D eigenvalue weighted by atomic mass is 19.4. The van der Waals surface area contributed by atoms with Gasteiger partial charge in [0.2, 0.25) is 5.91 Å². The van der Waals surface area contributed by atoms with Gasteiger partial charge in [-0.3, -0.25) is 9.59 Å². The molecular weight excluding hydrogens is 351 g/mol. The van der Waals surface area contributed by atoms with Crippen molar-refractivity contribution in [2.75, 3.05) is 19.8 Å². The zero-order valence-electron chi connectivity index (χ0n) is 14.4. The van der Waals surface area contributed by atoms with Gasteiger partial charge < -0.3 is 15.2 Å². The van der Waals surface area contributed by atoms with E-state index in [1.165, 1.54) is 12.1 Å². The molecule has 1 fully saturated rings. The Morgan fingerprint density at radius 3 is 2.54 bits per heavy atom. The molecule has 1 unspecified atom stereocenters. The lowest BCUT2D eigenvalue weighted by molar-refractivity contribution is -0.154. The third kappa shape index (κ3) is 4.97. The highest BCUT2D eigenvalue weighted by Crippen LogP contribution is 2.31. The summed E-state index contributed by atoms with van der Waals surface area (Å²) in [4.78, 5) is 23.8. The van der Waals surface area contributed by atoms with Crippen LogP contribution in [-0.4, -0.2) is 36.7 Å². The Bertz CT molecular complexity index is 654. The maximum absolute atomic E-state index is 12.8. The Morgan fingerprint density at radius 2 is 1.96 bits per heavy atom. The molecule has 2 rings (SSSR count). The molecule has 2 N–H and O–H groups in total. The van der Waals surface area contributed by atoms with Gasteiger partial charge in [-0.2, -0.15) is 13.2 Å². The summed E-state index contributed by atoms with van der Waals surface area (Å²) in [7, 11) is 0. The number of halogens is 3. The molecule has 1 heterocycles. The first-order valence-corrected chi connectivity index (χ1v) is 8.39. The van der Waals surface area contributed by atoms with Crippen molar-refractivity contribution >= 4 is 11.9 Å². The summed E-state index contributed by atoms with van der Waals surface area (Å²) in [6, 6.07) is 4.86.